The lowest BCUT2D eigenvalue weighted by Crippen LogP contribution is -2.39. The van der Waals surface area contributed by atoms with E-state index in [0.717, 1.165) is 5.56 Å². The molecule has 6 heteroatoms. The topological polar surface area (TPSA) is 80.0 Å². The Morgan fingerprint density at radius 1 is 1.28 bits per heavy atom. The van der Waals surface area contributed by atoms with Crippen molar-refractivity contribution in [2.45, 2.75) is 51.1 Å². The second kappa shape index (κ2) is 9.91. The van der Waals surface area contributed by atoms with E-state index in [1.165, 1.54) is 43.4 Å². The molecule has 1 fully saturated rings. The van der Waals surface area contributed by atoms with Gasteiger partial charge < -0.3 is 20.7 Å². The second-order valence-electron chi connectivity index (χ2n) is 6.76. The molecule has 2 rings (SSSR count). The summed E-state index contributed by atoms with van der Waals surface area (Å²) < 4.78 is 5.53. The number of benzene rings is 1. The van der Waals surface area contributed by atoms with Gasteiger partial charge in [0.15, 0.2) is 12.6 Å². The van der Waals surface area contributed by atoms with Gasteiger partial charge in [-0.15, -0.1) is 0 Å². The Hall–Kier alpha value is -2.24. The number of amides is 1. The minimum atomic E-state index is -0.0692. The van der Waals surface area contributed by atoms with Crippen molar-refractivity contribution in [3.8, 4) is 5.75 Å². The number of guanidine groups is 1. The van der Waals surface area contributed by atoms with Gasteiger partial charge in [0.05, 0.1) is 6.54 Å². The van der Waals surface area contributed by atoms with Gasteiger partial charge >= 0.3 is 0 Å². The number of hydrogen-bond acceptors (Lipinski definition) is 3. The third-order valence-electron chi connectivity index (χ3n) is 4.40. The summed E-state index contributed by atoms with van der Waals surface area (Å²) in [7, 11) is 3.42. The number of carbonyl (C=O) groups is 1. The number of rotatable bonds is 6. The maximum atomic E-state index is 11.6. The van der Waals surface area contributed by atoms with Crippen LogP contribution in [0.2, 0.25) is 0 Å². The number of carbonyl (C=O) groups excluding carboxylic acids is 1. The van der Waals surface area contributed by atoms with Crippen molar-refractivity contribution in [2.24, 2.45) is 10.7 Å². The molecule has 0 spiro atoms. The third kappa shape index (κ3) is 7.03. The fraction of sp³-hybridized carbons (Fsp3) is 0.579. The molecule has 1 saturated carbocycles. The van der Waals surface area contributed by atoms with Crippen molar-refractivity contribution in [1.29, 1.82) is 0 Å². The summed E-state index contributed by atoms with van der Waals surface area (Å²) in [6, 6.07) is 8.05. The fourth-order valence-corrected chi connectivity index (χ4v) is 2.86. The lowest BCUT2D eigenvalue weighted by Gasteiger charge is -2.16. The van der Waals surface area contributed by atoms with E-state index >= 15 is 0 Å². The van der Waals surface area contributed by atoms with E-state index < -0.39 is 0 Å². The molecular formula is C19H30N4O2. The van der Waals surface area contributed by atoms with Gasteiger partial charge in [0.25, 0.3) is 5.91 Å². The zero-order valence-corrected chi connectivity index (χ0v) is 15.3. The van der Waals surface area contributed by atoms with Crippen molar-refractivity contribution in [3.63, 3.8) is 0 Å². The van der Waals surface area contributed by atoms with Crippen LogP contribution in [0.3, 0.4) is 0 Å². The summed E-state index contributed by atoms with van der Waals surface area (Å²) in [4.78, 5) is 17.5. The highest BCUT2D eigenvalue weighted by molar-refractivity contribution is 5.78. The molecule has 1 aliphatic rings. The molecule has 0 aliphatic heterocycles. The van der Waals surface area contributed by atoms with Gasteiger partial charge in [-0.2, -0.15) is 0 Å². The van der Waals surface area contributed by atoms with Gasteiger partial charge in [-0.3, -0.25) is 4.79 Å². The third-order valence-corrected chi connectivity index (χ3v) is 4.40. The molecule has 0 atom stereocenters. The van der Waals surface area contributed by atoms with Crippen molar-refractivity contribution in [1.82, 2.24) is 10.2 Å². The molecule has 138 valence electrons. The molecule has 0 bridgehead atoms. The van der Waals surface area contributed by atoms with Crippen LogP contribution in [0.15, 0.2) is 29.3 Å². The zero-order chi connectivity index (χ0) is 18.1. The van der Waals surface area contributed by atoms with Crippen LogP contribution in [-0.2, 0) is 11.3 Å². The molecular weight excluding hydrogens is 316 g/mol. The molecule has 0 radical (unpaired) electrons. The molecule has 0 heterocycles. The van der Waals surface area contributed by atoms with E-state index in [1.54, 1.807) is 14.1 Å². The van der Waals surface area contributed by atoms with Crippen LogP contribution in [0, 0.1) is 0 Å². The van der Waals surface area contributed by atoms with Crippen molar-refractivity contribution < 1.29 is 9.53 Å². The molecule has 0 unspecified atom stereocenters. The van der Waals surface area contributed by atoms with Crippen molar-refractivity contribution >= 4 is 11.9 Å². The highest BCUT2D eigenvalue weighted by atomic mass is 16.5. The molecule has 1 aromatic carbocycles. The Bertz CT molecular complexity index is 579. The molecule has 1 aromatic rings. The van der Waals surface area contributed by atoms with E-state index in [4.69, 9.17) is 10.5 Å². The van der Waals surface area contributed by atoms with E-state index in [0.29, 0.717) is 24.3 Å². The van der Waals surface area contributed by atoms with E-state index in [1.807, 2.05) is 24.3 Å². The Labute approximate surface area is 150 Å². The van der Waals surface area contributed by atoms with Gasteiger partial charge in [0.2, 0.25) is 0 Å². The normalized spacial score (nSPS) is 16.2. The Morgan fingerprint density at radius 3 is 2.68 bits per heavy atom. The molecule has 1 aliphatic carbocycles. The second-order valence-corrected chi connectivity index (χ2v) is 6.76. The minimum Gasteiger partial charge on any atom is -0.484 e. The van der Waals surface area contributed by atoms with E-state index in [9.17, 15) is 4.79 Å². The van der Waals surface area contributed by atoms with Gasteiger partial charge in [-0.05, 0) is 30.5 Å². The van der Waals surface area contributed by atoms with Gasteiger partial charge in [-0.1, -0.05) is 37.8 Å². The average molecular weight is 346 g/mol. The molecule has 0 saturated heterocycles. The standard InChI is InChI=1S/C19H30N4O2/c1-23(2)18(24)14-25-17-11-7-8-15(12-17)13-21-19(20)22-16-9-5-3-4-6-10-16/h7-8,11-12,16H,3-6,9-10,13-14H2,1-2H3,(H3,20,21,22). The Kier molecular flexibility index (Phi) is 7.57. The molecule has 3 N–H and O–H groups in total. The van der Waals surface area contributed by atoms with Gasteiger partial charge in [0, 0.05) is 20.1 Å². The smallest absolute Gasteiger partial charge is 0.259 e. The van der Waals surface area contributed by atoms with Crippen LogP contribution >= 0.6 is 0 Å². The number of ether oxygens (including phenoxy) is 1. The van der Waals surface area contributed by atoms with Crippen molar-refractivity contribution in [2.75, 3.05) is 20.7 Å². The maximum Gasteiger partial charge on any atom is 0.259 e. The number of hydrogen-bond donors (Lipinski definition) is 2. The van der Waals surface area contributed by atoms with Crippen LogP contribution in [-0.4, -0.2) is 43.5 Å². The predicted molar refractivity (Wildman–Crippen MR) is 101 cm³/mol. The largest absolute Gasteiger partial charge is 0.484 e. The molecule has 0 aromatic heterocycles. The minimum absolute atomic E-state index is 0.0328. The number of nitrogens with two attached hydrogens (primary N) is 1. The fourth-order valence-electron chi connectivity index (χ4n) is 2.86. The van der Waals surface area contributed by atoms with Crippen LogP contribution in [0.25, 0.3) is 0 Å². The Balaban J connectivity index is 1.84. The first-order valence-corrected chi connectivity index (χ1v) is 9.03. The number of nitrogens with one attached hydrogen (secondary N) is 1. The first kappa shape index (κ1) is 19.1. The Morgan fingerprint density at radius 2 is 2.00 bits per heavy atom. The SMILES string of the molecule is CN(C)C(=O)COc1cccc(CN=C(N)NC2CCCCCC2)c1. The lowest BCUT2D eigenvalue weighted by atomic mass is 10.1. The maximum absolute atomic E-state index is 11.6. The highest BCUT2D eigenvalue weighted by Gasteiger charge is 2.12. The predicted octanol–water partition coefficient (Wildman–Crippen LogP) is 2.28. The quantitative estimate of drug-likeness (QED) is 0.470. The van der Waals surface area contributed by atoms with Crippen molar-refractivity contribution in [3.05, 3.63) is 29.8 Å². The average Bonchev–Trinajstić information content (AvgIpc) is 2.87. The van der Waals surface area contributed by atoms with E-state index in [2.05, 4.69) is 10.3 Å². The van der Waals surface area contributed by atoms with Crippen LogP contribution < -0.4 is 15.8 Å². The summed E-state index contributed by atoms with van der Waals surface area (Å²) in [6.07, 6.45) is 7.49. The zero-order valence-electron chi connectivity index (χ0n) is 15.3. The number of aliphatic imine (C=N–C) groups is 1. The summed E-state index contributed by atoms with van der Waals surface area (Å²) in [6.45, 7) is 0.523. The molecule has 6 nitrogen and oxygen atoms in total. The highest BCUT2D eigenvalue weighted by Crippen LogP contribution is 2.17. The molecule has 25 heavy (non-hydrogen) atoms. The summed E-state index contributed by atoms with van der Waals surface area (Å²) in [5.74, 6) is 1.10. The summed E-state index contributed by atoms with van der Waals surface area (Å²) >= 11 is 0. The van der Waals surface area contributed by atoms with Crippen LogP contribution in [0.5, 0.6) is 5.75 Å². The lowest BCUT2D eigenvalue weighted by molar-refractivity contribution is -0.130. The van der Waals surface area contributed by atoms with Gasteiger partial charge in [-0.25, -0.2) is 4.99 Å². The van der Waals surface area contributed by atoms with Gasteiger partial charge in [0.1, 0.15) is 5.75 Å². The number of likely N-dealkylation sites (N-methyl/N-ethyl adjacent to an activating group) is 1. The summed E-state index contributed by atoms with van der Waals surface area (Å²) in [5, 5.41) is 3.34. The van der Waals surface area contributed by atoms with E-state index in [-0.39, 0.29) is 12.5 Å². The monoisotopic (exact) mass is 346 g/mol. The van der Waals surface area contributed by atoms with Crippen LogP contribution in [0.4, 0.5) is 0 Å². The molecule has 1 amide bonds. The first-order valence-electron chi connectivity index (χ1n) is 9.03. The summed E-state index contributed by atoms with van der Waals surface area (Å²) in [5.41, 5.74) is 7.03. The first-order chi connectivity index (χ1) is 12.0. The van der Waals surface area contributed by atoms with Crippen LogP contribution in [0.1, 0.15) is 44.1 Å². The number of nitrogens with zero attached hydrogens (tertiary/aromatic N) is 2.